The van der Waals surface area contributed by atoms with Gasteiger partial charge in [-0.15, -0.1) is 0 Å². The molecule has 1 atom stereocenters. The van der Waals surface area contributed by atoms with Crippen LogP contribution < -0.4 is 16.0 Å². The van der Waals surface area contributed by atoms with E-state index in [1.165, 1.54) is 17.9 Å². The number of H-pyrrole nitrogens is 1. The number of nitrogens with zero attached hydrogens (tertiary/aromatic N) is 5. The van der Waals surface area contributed by atoms with Gasteiger partial charge >= 0.3 is 11.8 Å². The summed E-state index contributed by atoms with van der Waals surface area (Å²) in [6.07, 6.45) is 4.48. The van der Waals surface area contributed by atoms with E-state index in [0.717, 1.165) is 12.1 Å². The first-order chi connectivity index (χ1) is 16.1. The molecule has 1 aliphatic rings. The first-order valence-corrected chi connectivity index (χ1v) is 11.1. The maximum Gasteiger partial charge on any atom is 0.410 e. The molecular formula is C23H30N6O5. The third kappa shape index (κ3) is 4.84. The standard InChI is InChI=1S/C23H30N6O5/c1-15-12-26(8-9-27(15)22(32)34-23(2,3)4)13-16-6-7-29-17(10-16)18(11-24-29)28-14-19(33-5)20(30)25-21(28)31/h6-7,10-11,14-15H,8-9,12-13H2,1-5H3,(H,25,30,31)/t15-/m0/s1. The van der Waals surface area contributed by atoms with E-state index in [1.807, 2.05) is 46.0 Å². The van der Waals surface area contributed by atoms with E-state index >= 15 is 0 Å². The summed E-state index contributed by atoms with van der Waals surface area (Å²) in [6, 6.07) is 3.97. The molecule has 34 heavy (non-hydrogen) atoms. The second-order valence-electron chi connectivity index (χ2n) is 9.48. The van der Waals surface area contributed by atoms with Gasteiger partial charge in [0.25, 0.3) is 5.56 Å². The highest BCUT2D eigenvalue weighted by molar-refractivity contribution is 5.68. The summed E-state index contributed by atoms with van der Waals surface area (Å²) in [5.74, 6) is 0.0342. The number of piperazine rings is 1. The average molecular weight is 471 g/mol. The zero-order valence-corrected chi connectivity index (χ0v) is 20.1. The van der Waals surface area contributed by atoms with Gasteiger partial charge in [0.15, 0.2) is 0 Å². The van der Waals surface area contributed by atoms with Crippen LogP contribution in [0.4, 0.5) is 4.79 Å². The van der Waals surface area contributed by atoms with Crippen LogP contribution in [0, 0.1) is 0 Å². The first-order valence-electron chi connectivity index (χ1n) is 11.1. The van der Waals surface area contributed by atoms with E-state index < -0.39 is 16.9 Å². The molecule has 182 valence electrons. The molecule has 0 saturated carbocycles. The van der Waals surface area contributed by atoms with Crippen LogP contribution in [0.3, 0.4) is 0 Å². The van der Waals surface area contributed by atoms with Crippen LogP contribution >= 0.6 is 0 Å². The summed E-state index contributed by atoms with van der Waals surface area (Å²) in [6.45, 7) is 10.3. The van der Waals surface area contributed by atoms with Gasteiger partial charge in [-0.2, -0.15) is 5.10 Å². The van der Waals surface area contributed by atoms with Crippen LogP contribution in [-0.4, -0.2) is 73.4 Å². The van der Waals surface area contributed by atoms with E-state index in [4.69, 9.17) is 9.47 Å². The highest BCUT2D eigenvalue weighted by Crippen LogP contribution is 2.20. The predicted octanol–water partition coefficient (Wildman–Crippen LogP) is 1.62. The first kappa shape index (κ1) is 23.6. The Labute approximate surface area is 196 Å². The molecular weight excluding hydrogens is 440 g/mol. The van der Waals surface area contributed by atoms with Crippen LogP contribution in [-0.2, 0) is 11.3 Å². The molecule has 1 aliphatic heterocycles. The fourth-order valence-corrected chi connectivity index (χ4v) is 4.10. The summed E-state index contributed by atoms with van der Waals surface area (Å²) in [5.41, 5.74) is 0.610. The number of ether oxygens (including phenoxy) is 2. The molecule has 0 radical (unpaired) electrons. The number of nitrogens with one attached hydrogen (secondary N) is 1. The quantitative estimate of drug-likeness (QED) is 0.616. The monoisotopic (exact) mass is 470 g/mol. The number of carbonyl (C=O) groups is 1. The van der Waals surface area contributed by atoms with Gasteiger partial charge in [0.2, 0.25) is 5.75 Å². The molecule has 0 aromatic carbocycles. The normalized spacial score (nSPS) is 17.2. The van der Waals surface area contributed by atoms with Crippen LogP contribution in [0.2, 0.25) is 0 Å². The fraction of sp³-hybridized carbons (Fsp3) is 0.478. The molecule has 3 aromatic rings. The van der Waals surface area contributed by atoms with E-state index in [2.05, 4.69) is 15.0 Å². The lowest BCUT2D eigenvalue weighted by atomic mass is 10.1. The molecule has 0 aliphatic carbocycles. The van der Waals surface area contributed by atoms with Gasteiger partial charge in [-0.1, -0.05) is 0 Å². The van der Waals surface area contributed by atoms with Crippen molar-refractivity contribution in [3.8, 4) is 11.4 Å². The van der Waals surface area contributed by atoms with E-state index in [9.17, 15) is 14.4 Å². The number of rotatable bonds is 4. The van der Waals surface area contributed by atoms with Crippen molar-refractivity contribution in [1.82, 2.24) is 29.0 Å². The van der Waals surface area contributed by atoms with E-state index in [0.29, 0.717) is 30.8 Å². The minimum absolute atomic E-state index is 0.0186. The molecule has 11 nitrogen and oxygen atoms in total. The van der Waals surface area contributed by atoms with Crippen LogP contribution in [0.25, 0.3) is 11.2 Å². The smallest absolute Gasteiger partial charge is 0.410 e. The fourth-order valence-electron chi connectivity index (χ4n) is 4.10. The van der Waals surface area contributed by atoms with Crippen molar-refractivity contribution in [2.24, 2.45) is 0 Å². The van der Waals surface area contributed by atoms with E-state index in [-0.39, 0.29) is 17.9 Å². The molecule has 1 amide bonds. The summed E-state index contributed by atoms with van der Waals surface area (Å²) < 4.78 is 13.6. The lowest BCUT2D eigenvalue weighted by Gasteiger charge is -2.40. The highest BCUT2D eigenvalue weighted by Gasteiger charge is 2.30. The van der Waals surface area contributed by atoms with Crippen LogP contribution in [0.15, 0.2) is 40.3 Å². The van der Waals surface area contributed by atoms with Gasteiger partial charge < -0.3 is 14.4 Å². The molecule has 1 saturated heterocycles. The van der Waals surface area contributed by atoms with Crippen LogP contribution in [0.5, 0.6) is 5.75 Å². The number of hydrogen-bond donors (Lipinski definition) is 1. The van der Waals surface area contributed by atoms with Gasteiger partial charge in [0.1, 0.15) is 5.60 Å². The van der Waals surface area contributed by atoms with Gasteiger partial charge in [0.05, 0.1) is 30.7 Å². The summed E-state index contributed by atoms with van der Waals surface area (Å²) in [4.78, 5) is 43.1. The second kappa shape index (κ2) is 8.98. The zero-order chi connectivity index (χ0) is 24.6. The van der Waals surface area contributed by atoms with Crippen molar-refractivity contribution in [3.63, 3.8) is 0 Å². The largest absolute Gasteiger partial charge is 0.490 e. The predicted molar refractivity (Wildman–Crippen MR) is 126 cm³/mol. The molecule has 4 rings (SSSR count). The Hall–Kier alpha value is -3.60. The average Bonchev–Trinajstić information content (AvgIpc) is 3.16. The molecule has 0 spiro atoms. The number of fused-ring (bicyclic) bond motifs is 1. The SMILES string of the molecule is COc1cn(-c2cnn3ccc(CN4CCN(C(=O)OC(C)(C)C)[C@@H](C)C4)cc23)c(=O)[nH]c1=O. The Bertz CT molecular complexity index is 1320. The van der Waals surface area contributed by atoms with Gasteiger partial charge in [-0.25, -0.2) is 14.1 Å². The van der Waals surface area contributed by atoms with Gasteiger partial charge in [0, 0.05) is 38.4 Å². The number of methoxy groups -OCH3 is 1. The number of aromatic amines is 1. The van der Waals surface area contributed by atoms with Crippen LogP contribution in [0.1, 0.15) is 33.3 Å². The second-order valence-corrected chi connectivity index (χ2v) is 9.48. The maximum atomic E-state index is 12.5. The summed E-state index contributed by atoms with van der Waals surface area (Å²) in [5, 5.41) is 4.32. The zero-order valence-electron chi connectivity index (χ0n) is 20.1. The van der Waals surface area contributed by atoms with Crippen molar-refractivity contribution in [1.29, 1.82) is 0 Å². The molecule has 4 heterocycles. The molecule has 3 aromatic heterocycles. The Kier molecular flexibility index (Phi) is 6.22. The molecule has 11 heteroatoms. The molecule has 0 unspecified atom stereocenters. The maximum absolute atomic E-state index is 12.5. The summed E-state index contributed by atoms with van der Waals surface area (Å²) in [7, 11) is 1.37. The van der Waals surface area contributed by atoms with Crippen molar-refractivity contribution < 1.29 is 14.3 Å². The lowest BCUT2D eigenvalue weighted by molar-refractivity contribution is 0.000562. The Morgan fingerprint density at radius 1 is 1.26 bits per heavy atom. The van der Waals surface area contributed by atoms with E-state index in [1.54, 1.807) is 15.6 Å². The number of amides is 1. The lowest BCUT2D eigenvalue weighted by Crippen LogP contribution is -2.54. The third-order valence-electron chi connectivity index (χ3n) is 5.70. The Morgan fingerprint density at radius 3 is 2.71 bits per heavy atom. The molecule has 1 fully saturated rings. The minimum Gasteiger partial charge on any atom is -0.490 e. The number of aromatic nitrogens is 4. The Morgan fingerprint density at radius 2 is 2.03 bits per heavy atom. The summed E-state index contributed by atoms with van der Waals surface area (Å²) >= 11 is 0. The number of carbonyl (C=O) groups excluding carboxylic acids is 1. The third-order valence-corrected chi connectivity index (χ3v) is 5.70. The van der Waals surface area contributed by atoms with Gasteiger partial charge in [-0.3, -0.25) is 19.2 Å². The topological polar surface area (TPSA) is 114 Å². The van der Waals surface area contributed by atoms with Crippen molar-refractivity contribution in [2.75, 3.05) is 26.7 Å². The minimum atomic E-state index is -0.583. The number of hydrogen-bond acceptors (Lipinski definition) is 7. The molecule has 0 bridgehead atoms. The van der Waals surface area contributed by atoms with Crippen molar-refractivity contribution >= 4 is 11.6 Å². The van der Waals surface area contributed by atoms with Crippen molar-refractivity contribution in [2.45, 2.75) is 45.9 Å². The highest BCUT2D eigenvalue weighted by atomic mass is 16.6. The number of pyridine rings is 1. The van der Waals surface area contributed by atoms with Crippen molar-refractivity contribution in [3.05, 3.63) is 57.1 Å². The molecule has 1 N–H and O–H groups in total. The van der Waals surface area contributed by atoms with Gasteiger partial charge in [-0.05, 0) is 45.4 Å². The Balaban J connectivity index is 1.53.